The minimum absolute atomic E-state index is 0.881. The van der Waals surface area contributed by atoms with Gasteiger partial charge in [-0.1, -0.05) is 59.8 Å². The Labute approximate surface area is 96.8 Å². The Morgan fingerprint density at radius 2 is 1.73 bits per heavy atom. The average molecular weight is 210 g/mol. The second-order valence-electron chi connectivity index (χ2n) is 6.06. The molecule has 3 atom stereocenters. The molecule has 0 saturated heterocycles. The van der Waals surface area contributed by atoms with Gasteiger partial charge in [0.1, 0.15) is 0 Å². The molecule has 3 unspecified atom stereocenters. The SMILES string of the molecule is CCCCCCC1CC1CC(C)C(C)C. The lowest BCUT2D eigenvalue weighted by Gasteiger charge is -2.14. The van der Waals surface area contributed by atoms with Gasteiger partial charge in [-0.05, 0) is 36.5 Å². The molecule has 1 fully saturated rings. The topological polar surface area (TPSA) is 0 Å². The lowest BCUT2D eigenvalue weighted by molar-refractivity contribution is 0.361. The quantitative estimate of drug-likeness (QED) is 0.478. The molecule has 90 valence electrons. The van der Waals surface area contributed by atoms with Gasteiger partial charge in [-0.3, -0.25) is 0 Å². The first-order valence-electron chi connectivity index (χ1n) is 7.15. The van der Waals surface area contributed by atoms with Crippen molar-refractivity contribution in [2.24, 2.45) is 23.7 Å². The third-order valence-electron chi connectivity index (χ3n) is 4.31. The van der Waals surface area contributed by atoms with Crippen molar-refractivity contribution < 1.29 is 0 Å². The molecule has 1 aliphatic rings. The van der Waals surface area contributed by atoms with Crippen molar-refractivity contribution in [1.29, 1.82) is 0 Å². The van der Waals surface area contributed by atoms with Crippen molar-refractivity contribution >= 4 is 0 Å². The Morgan fingerprint density at radius 3 is 2.33 bits per heavy atom. The Kier molecular flexibility index (Phi) is 5.71. The van der Waals surface area contributed by atoms with E-state index < -0.39 is 0 Å². The fourth-order valence-corrected chi connectivity index (χ4v) is 2.54. The van der Waals surface area contributed by atoms with Gasteiger partial charge in [0, 0.05) is 0 Å². The molecule has 15 heavy (non-hydrogen) atoms. The minimum Gasteiger partial charge on any atom is -0.0654 e. The molecule has 0 radical (unpaired) electrons. The maximum atomic E-state index is 2.43. The van der Waals surface area contributed by atoms with E-state index in [2.05, 4.69) is 27.7 Å². The van der Waals surface area contributed by atoms with Crippen LogP contribution >= 0.6 is 0 Å². The van der Waals surface area contributed by atoms with E-state index in [0.717, 1.165) is 23.7 Å². The first-order chi connectivity index (χ1) is 7.15. The number of unbranched alkanes of at least 4 members (excludes halogenated alkanes) is 3. The fourth-order valence-electron chi connectivity index (χ4n) is 2.54. The molecule has 1 aliphatic carbocycles. The van der Waals surface area contributed by atoms with E-state index in [1.165, 1.54) is 38.5 Å². The van der Waals surface area contributed by atoms with E-state index in [1.54, 1.807) is 6.42 Å². The van der Waals surface area contributed by atoms with Crippen molar-refractivity contribution in [1.82, 2.24) is 0 Å². The molecule has 1 rings (SSSR count). The summed E-state index contributed by atoms with van der Waals surface area (Å²) < 4.78 is 0. The van der Waals surface area contributed by atoms with Crippen molar-refractivity contribution in [3.8, 4) is 0 Å². The summed E-state index contributed by atoms with van der Waals surface area (Å²) in [6.07, 6.45) is 10.3. The normalized spacial score (nSPS) is 27.0. The van der Waals surface area contributed by atoms with Crippen LogP contribution in [0.2, 0.25) is 0 Å². The molecule has 0 spiro atoms. The monoisotopic (exact) mass is 210 g/mol. The zero-order chi connectivity index (χ0) is 11.3. The van der Waals surface area contributed by atoms with Gasteiger partial charge in [0.25, 0.3) is 0 Å². The second-order valence-corrected chi connectivity index (χ2v) is 6.06. The maximum Gasteiger partial charge on any atom is -0.0380 e. The van der Waals surface area contributed by atoms with Gasteiger partial charge in [0.2, 0.25) is 0 Å². The Morgan fingerprint density at radius 1 is 1.00 bits per heavy atom. The van der Waals surface area contributed by atoms with Crippen molar-refractivity contribution in [2.45, 2.75) is 72.6 Å². The zero-order valence-electron chi connectivity index (χ0n) is 11.3. The first kappa shape index (κ1) is 13.1. The van der Waals surface area contributed by atoms with Crippen LogP contribution in [-0.4, -0.2) is 0 Å². The Hall–Kier alpha value is 0. The molecule has 0 nitrogen and oxygen atoms in total. The van der Waals surface area contributed by atoms with Crippen LogP contribution < -0.4 is 0 Å². The van der Waals surface area contributed by atoms with Crippen LogP contribution in [0.1, 0.15) is 72.6 Å². The third-order valence-corrected chi connectivity index (χ3v) is 4.31. The summed E-state index contributed by atoms with van der Waals surface area (Å²) in [7, 11) is 0. The highest BCUT2D eigenvalue weighted by Crippen LogP contribution is 2.47. The van der Waals surface area contributed by atoms with E-state index in [-0.39, 0.29) is 0 Å². The van der Waals surface area contributed by atoms with Crippen LogP contribution in [0.3, 0.4) is 0 Å². The largest absolute Gasteiger partial charge is 0.0654 e. The van der Waals surface area contributed by atoms with Crippen LogP contribution in [0.15, 0.2) is 0 Å². The highest BCUT2D eigenvalue weighted by atomic mass is 14.4. The maximum absolute atomic E-state index is 2.43. The van der Waals surface area contributed by atoms with Gasteiger partial charge in [-0.25, -0.2) is 0 Å². The van der Waals surface area contributed by atoms with E-state index in [0.29, 0.717) is 0 Å². The third kappa shape index (κ3) is 5.04. The Bertz CT molecular complexity index is 159. The zero-order valence-corrected chi connectivity index (χ0v) is 11.3. The van der Waals surface area contributed by atoms with Crippen molar-refractivity contribution in [2.75, 3.05) is 0 Å². The molecular formula is C15H30. The summed E-state index contributed by atoms with van der Waals surface area (Å²) in [6.45, 7) is 9.45. The molecule has 0 N–H and O–H groups in total. The molecule has 0 aromatic rings. The summed E-state index contributed by atoms with van der Waals surface area (Å²) >= 11 is 0. The van der Waals surface area contributed by atoms with Gasteiger partial charge < -0.3 is 0 Å². The van der Waals surface area contributed by atoms with Crippen LogP contribution in [0.4, 0.5) is 0 Å². The van der Waals surface area contributed by atoms with Crippen LogP contribution in [0, 0.1) is 23.7 Å². The minimum atomic E-state index is 0.881. The van der Waals surface area contributed by atoms with Gasteiger partial charge in [-0.2, -0.15) is 0 Å². The van der Waals surface area contributed by atoms with E-state index in [1.807, 2.05) is 0 Å². The summed E-state index contributed by atoms with van der Waals surface area (Å²) in [5.74, 6) is 4.04. The number of rotatable bonds is 8. The smallest absolute Gasteiger partial charge is 0.0380 e. The van der Waals surface area contributed by atoms with Gasteiger partial charge in [-0.15, -0.1) is 0 Å². The van der Waals surface area contributed by atoms with E-state index >= 15 is 0 Å². The summed E-state index contributed by atoms with van der Waals surface area (Å²) in [4.78, 5) is 0. The second kappa shape index (κ2) is 6.55. The standard InChI is InChI=1S/C15H30/c1-5-6-7-8-9-14-11-15(14)10-13(4)12(2)3/h12-15H,5-11H2,1-4H3. The molecule has 1 saturated carbocycles. The molecular weight excluding hydrogens is 180 g/mol. The highest BCUT2D eigenvalue weighted by molar-refractivity contribution is 4.87. The number of hydrogen-bond acceptors (Lipinski definition) is 0. The molecule has 0 heterocycles. The van der Waals surface area contributed by atoms with E-state index in [4.69, 9.17) is 0 Å². The fraction of sp³-hybridized carbons (Fsp3) is 1.00. The first-order valence-corrected chi connectivity index (χ1v) is 7.15. The molecule has 0 aromatic heterocycles. The van der Waals surface area contributed by atoms with Gasteiger partial charge in [0.05, 0.1) is 0 Å². The van der Waals surface area contributed by atoms with Crippen LogP contribution in [0.25, 0.3) is 0 Å². The summed E-state index contributed by atoms with van der Waals surface area (Å²) in [6, 6.07) is 0. The molecule has 0 aliphatic heterocycles. The van der Waals surface area contributed by atoms with Gasteiger partial charge in [0.15, 0.2) is 0 Å². The number of hydrogen-bond donors (Lipinski definition) is 0. The Balaban J connectivity index is 1.98. The highest BCUT2D eigenvalue weighted by Gasteiger charge is 2.36. The average Bonchev–Trinajstić information content (AvgIpc) is 2.91. The predicted molar refractivity (Wildman–Crippen MR) is 69.0 cm³/mol. The molecule has 0 bridgehead atoms. The molecule has 0 heteroatoms. The molecule has 0 aromatic carbocycles. The van der Waals surface area contributed by atoms with E-state index in [9.17, 15) is 0 Å². The summed E-state index contributed by atoms with van der Waals surface area (Å²) in [5.41, 5.74) is 0. The predicted octanol–water partition coefficient (Wildman–Crippen LogP) is 5.28. The van der Waals surface area contributed by atoms with Crippen LogP contribution in [0.5, 0.6) is 0 Å². The van der Waals surface area contributed by atoms with Crippen molar-refractivity contribution in [3.63, 3.8) is 0 Å². The van der Waals surface area contributed by atoms with Crippen molar-refractivity contribution in [3.05, 3.63) is 0 Å². The van der Waals surface area contributed by atoms with Gasteiger partial charge >= 0.3 is 0 Å². The lowest BCUT2D eigenvalue weighted by atomic mass is 9.91. The lowest BCUT2D eigenvalue weighted by Crippen LogP contribution is -2.05. The summed E-state index contributed by atoms with van der Waals surface area (Å²) in [5, 5.41) is 0. The van der Waals surface area contributed by atoms with Crippen LogP contribution in [-0.2, 0) is 0 Å². The molecule has 0 amide bonds.